The second-order valence-corrected chi connectivity index (χ2v) is 11.9. The zero-order chi connectivity index (χ0) is 33.2. The fourth-order valence-corrected chi connectivity index (χ4v) is 6.23. The predicted molar refractivity (Wildman–Crippen MR) is 201 cm³/mol. The van der Waals surface area contributed by atoms with E-state index in [1.807, 2.05) is 72.8 Å². The molecule has 0 radical (unpaired) electrons. The molecule has 0 atom stereocenters. The number of benzene rings is 6. The second-order valence-electron chi connectivity index (χ2n) is 11.9. The van der Waals surface area contributed by atoms with Crippen molar-refractivity contribution in [2.75, 3.05) is 0 Å². The van der Waals surface area contributed by atoms with Crippen LogP contribution in [-0.4, -0.2) is 24.9 Å². The van der Waals surface area contributed by atoms with Crippen LogP contribution in [0.1, 0.15) is 16.7 Å². The van der Waals surface area contributed by atoms with Gasteiger partial charge in [0.1, 0.15) is 0 Å². The first-order valence-electron chi connectivity index (χ1n) is 16.2. The summed E-state index contributed by atoms with van der Waals surface area (Å²) < 4.78 is 0. The molecule has 8 rings (SSSR count). The summed E-state index contributed by atoms with van der Waals surface area (Å²) in [4.78, 5) is 24.1. The minimum atomic E-state index is 0.624. The van der Waals surface area contributed by atoms with Crippen molar-refractivity contribution in [2.45, 2.75) is 6.92 Å². The van der Waals surface area contributed by atoms with Gasteiger partial charge in [-0.3, -0.25) is 9.97 Å². The molecule has 0 aliphatic rings. The van der Waals surface area contributed by atoms with Crippen LogP contribution in [0.5, 0.6) is 0 Å². The van der Waals surface area contributed by atoms with Gasteiger partial charge in [0.2, 0.25) is 0 Å². The summed E-state index contributed by atoms with van der Waals surface area (Å²) in [6.45, 7) is 6.58. The van der Waals surface area contributed by atoms with E-state index in [2.05, 4.69) is 91.3 Å². The fraction of sp³-hybridized carbons (Fsp3) is 0.0227. The molecule has 2 heterocycles. The van der Waals surface area contributed by atoms with Crippen molar-refractivity contribution in [3.8, 4) is 45.3 Å². The smallest absolute Gasteiger partial charge is 0.164 e. The molecule has 0 N–H and O–H groups in total. The van der Waals surface area contributed by atoms with E-state index in [0.717, 1.165) is 60.9 Å². The van der Waals surface area contributed by atoms with E-state index in [9.17, 15) is 0 Å². The van der Waals surface area contributed by atoms with Crippen molar-refractivity contribution in [2.24, 2.45) is 0 Å². The first kappa shape index (κ1) is 29.8. The van der Waals surface area contributed by atoms with E-state index in [4.69, 9.17) is 19.9 Å². The topological polar surface area (TPSA) is 64.5 Å². The Bertz CT molecular complexity index is 2460. The first-order chi connectivity index (χ1) is 24.1. The lowest BCUT2D eigenvalue weighted by Crippen LogP contribution is -2.00. The van der Waals surface area contributed by atoms with Crippen LogP contribution in [0.4, 0.5) is 0 Å². The molecule has 0 spiro atoms. The molecule has 0 aliphatic heterocycles. The molecule has 6 aromatic carbocycles. The van der Waals surface area contributed by atoms with E-state index in [1.165, 1.54) is 10.9 Å². The minimum absolute atomic E-state index is 0.624. The van der Waals surface area contributed by atoms with Crippen molar-refractivity contribution in [1.29, 1.82) is 0 Å². The molecule has 0 amide bonds. The lowest BCUT2D eigenvalue weighted by Gasteiger charge is -2.11. The van der Waals surface area contributed by atoms with Gasteiger partial charge in [0.15, 0.2) is 17.5 Å². The summed E-state index contributed by atoms with van der Waals surface area (Å²) in [5.74, 6) is 1.90. The van der Waals surface area contributed by atoms with Gasteiger partial charge < -0.3 is 0 Å². The van der Waals surface area contributed by atoms with Crippen molar-refractivity contribution < 1.29 is 0 Å². The summed E-state index contributed by atoms with van der Waals surface area (Å²) in [6.07, 6.45) is 7.69. The average Bonchev–Trinajstić information content (AvgIpc) is 3.18. The molecule has 8 aromatic rings. The van der Waals surface area contributed by atoms with Crippen molar-refractivity contribution in [3.05, 3.63) is 175 Å². The monoisotopic (exact) mass is 629 g/mol. The number of rotatable bonds is 7. The van der Waals surface area contributed by atoms with Gasteiger partial charge in [-0.2, -0.15) is 0 Å². The molecule has 5 nitrogen and oxygen atoms in total. The second kappa shape index (κ2) is 12.9. The lowest BCUT2D eigenvalue weighted by molar-refractivity contribution is 1.07. The average molecular weight is 630 g/mol. The third kappa shape index (κ3) is 5.90. The Balaban J connectivity index is 1.14. The molecule has 0 unspecified atom stereocenters. The van der Waals surface area contributed by atoms with Gasteiger partial charge in [0.25, 0.3) is 0 Å². The van der Waals surface area contributed by atoms with Gasteiger partial charge in [-0.05, 0) is 52.3 Å². The number of nitrogens with zero attached hydrogens (tertiary/aromatic N) is 5. The first-order valence-corrected chi connectivity index (χ1v) is 16.2. The highest BCUT2D eigenvalue weighted by atomic mass is 15.0. The van der Waals surface area contributed by atoms with Crippen LogP contribution >= 0.6 is 0 Å². The fourth-order valence-electron chi connectivity index (χ4n) is 6.23. The molecular formula is C44H31N5. The highest BCUT2D eigenvalue weighted by molar-refractivity contribution is 6.09. The van der Waals surface area contributed by atoms with Gasteiger partial charge in [-0.25, -0.2) is 15.0 Å². The van der Waals surface area contributed by atoms with Gasteiger partial charge in [0.05, 0.1) is 11.0 Å². The van der Waals surface area contributed by atoms with Crippen molar-refractivity contribution >= 4 is 33.5 Å². The Morgan fingerprint density at radius 2 is 1.02 bits per heavy atom. The normalized spacial score (nSPS) is 11.4. The minimum Gasteiger partial charge on any atom is -0.252 e. The molecule has 5 heteroatoms. The molecule has 0 bridgehead atoms. The number of fused-ring (bicyclic) bond motifs is 3. The van der Waals surface area contributed by atoms with E-state index >= 15 is 0 Å². The van der Waals surface area contributed by atoms with Crippen LogP contribution in [0.3, 0.4) is 0 Å². The van der Waals surface area contributed by atoms with E-state index < -0.39 is 0 Å². The van der Waals surface area contributed by atoms with Crippen LogP contribution in [0, 0.1) is 6.92 Å². The quantitative estimate of drug-likeness (QED) is 0.130. The maximum Gasteiger partial charge on any atom is 0.164 e. The molecule has 232 valence electrons. The highest BCUT2D eigenvalue weighted by Gasteiger charge is 2.14. The van der Waals surface area contributed by atoms with Crippen LogP contribution < -0.4 is 0 Å². The maximum absolute atomic E-state index is 4.93. The SMILES string of the molecule is C=C(/C=C\c1c(C)c2ccccc2c2nccnc12)c1cccc(-c2cccc(-c3nc(-c4ccccc4)nc(-c4ccccc4)n3)c2)c1. The Morgan fingerprint density at radius 1 is 0.510 bits per heavy atom. The Morgan fingerprint density at radius 3 is 1.69 bits per heavy atom. The summed E-state index contributed by atoms with van der Waals surface area (Å²) in [5.41, 5.74) is 10.9. The van der Waals surface area contributed by atoms with E-state index in [1.54, 1.807) is 12.4 Å². The van der Waals surface area contributed by atoms with Gasteiger partial charge in [0, 0.05) is 40.0 Å². The van der Waals surface area contributed by atoms with Crippen LogP contribution in [0.15, 0.2) is 159 Å². The highest BCUT2D eigenvalue weighted by Crippen LogP contribution is 2.33. The summed E-state index contributed by atoms with van der Waals surface area (Å²) >= 11 is 0. The molecule has 0 saturated heterocycles. The largest absolute Gasteiger partial charge is 0.252 e. The van der Waals surface area contributed by atoms with Crippen molar-refractivity contribution in [1.82, 2.24) is 24.9 Å². The maximum atomic E-state index is 4.93. The predicted octanol–water partition coefficient (Wildman–Crippen LogP) is 10.7. The van der Waals surface area contributed by atoms with Gasteiger partial charge >= 0.3 is 0 Å². The number of aryl methyl sites for hydroxylation is 1. The van der Waals surface area contributed by atoms with Gasteiger partial charge in [-0.1, -0.05) is 140 Å². The Hall–Kier alpha value is -6.59. The third-order valence-electron chi connectivity index (χ3n) is 8.78. The third-order valence-corrected chi connectivity index (χ3v) is 8.78. The molecule has 0 fully saturated rings. The zero-order valence-electron chi connectivity index (χ0n) is 27.0. The molecule has 0 aliphatic carbocycles. The number of hydrogen-bond acceptors (Lipinski definition) is 5. The summed E-state index contributed by atoms with van der Waals surface area (Å²) in [6, 6.07) is 45.2. The Labute approximate surface area is 285 Å². The molecule has 2 aromatic heterocycles. The summed E-state index contributed by atoms with van der Waals surface area (Å²) in [5, 5.41) is 2.28. The number of allylic oxidation sites excluding steroid dienone is 2. The zero-order valence-corrected chi connectivity index (χ0v) is 27.0. The van der Waals surface area contributed by atoms with E-state index in [0.29, 0.717) is 17.5 Å². The van der Waals surface area contributed by atoms with Crippen LogP contribution in [0.2, 0.25) is 0 Å². The summed E-state index contributed by atoms with van der Waals surface area (Å²) in [7, 11) is 0. The molecule has 49 heavy (non-hydrogen) atoms. The number of aromatic nitrogens is 5. The standard InChI is InChI=1S/C44H31N5/c1-29(23-24-38-30(2)37-21-9-10-22-39(37)41-40(38)45-25-26-46-41)33-17-11-18-34(27-33)35-19-12-20-36(28-35)44-48-42(31-13-5-3-6-14-31)47-43(49-44)32-15-7-4-8-16-32/h3-28H,1H2,2H3/b24-23-. The lowest BCUT2D eigenvalue weighted by atomic mass is 9.95. The van der Waals surface area contributed by atoms with Crippen LogP contribution in [-0.2, 0) is 0 Å². The van der Waals surface area contributed by atoms with Gasteiger partial charge in [-0.15, -0.1) is 0 Å². The van der Waals surface area contributed by atoms with E-state index in [-0.39, 0.29) is 0 Å². The molecular weight excluding hydrogens is 599 g/mol. The number of hydrogen-bond donors (Lipinski definition) is 0. The molecule has 0 saturated carbocycles. The Kier molecular flexibility index (Phi) is 7.84. The van der Waals surface area contributed by atoms with Crippen LogP contribution in [0.25, 0.3) is 78.7 Å². The van der Waals surface area contributed by atoms with Crippen molar-refractivity contribution in [3.63, 3.8) is 0 Å².